The molecule has 0 aliphatic carbocycles. The van der Waals surface area contributed by atoms with Gasteiger partial charge in [-0.1, -0.05) is 26.2 Å². The van der Waals surface area contributed by atoms with Crippen LogP contribution in [-0.2, 0) is 14.6 Å². The summed E-state index contributed by atoms with van der Waals surface area (Å²) in [5, 5.41) is 8.89. The molecule has 0 aromatic rings. The van der Waals surface area contributed by atoms with Crippen molar-refractivity contribution in [2.75, 3.05) is 0 Å². The van der Waals surface area contributed by atoms with Gasteiger partial charge in [-0.05, 0) is 19.8 Å². The van der Waals surface area contributed by atoms with Crippen molar-refractivity contribution in [3.63, 3.8) is 0 Å². The Morgan fingerprint density at radius 2 is 2.07 bits per heavy atom. The molecule has 0 saturated carbocycles. The van der Waals surface area contributed by atoms with E-state index >= 15 is 0 Å². The first-order chi connectivity index (χ1) is 7.04. The van der Waals surface area contributed by atoms with Gasteiger partial charge in [-0.15, -0.1) is 0 Å². The van der Waals surface area contributed by atoms with Gasteiger partial charge in [0.2, 0.25) is 0 Å². The average molecular weight is 213 g/mol. The van der Waals surface area contributed by atoms with Crippen LogP contribution < -0.4 is 0 Å². The number of nitriles is 1. The SMILES string of the molecule is CCCCCCC(C)(C#N)OOC(C)=O. The second-order valence-corrected chi connectivity index (χ2v) is 3.81. The summed E-state index contributed by atoms with van der Waals surface area (Å²) in [5.41, 5.74) is -1.01. The molecular weight excluding hydrogens is 194 g/mol. The smallest absolute Gasteiger partial charge is 0.297 e. The van der Waals surface area contributed by atoms with E-state index in [-0.39, 0.29) is 0 Å². The van der Waals surface area contributed by atoms with Crippen molar-refractivity contribution in [3.05, 3.63) is 0 Å². The second-order valence-electron chi connectivity index (χ2n) is 3.81. The summed E-state index contributed by atoms with van der Waals surface area (Å²) in [4.78, 5) is 19.7. The zero-order valence-electron chi connectivity index (χ0n) is 9.71. The van der Waals surface area contributed by atoms with Crippen molar-refractivity contribution in [1.29, 1.82) is 5.26 Å². The summed E-state index contributed by atoms with van der Waals surface area (Å²) in [7, 11) is 0. The van der Waals surface area contributed by atoms with Crippen molar-refractivity contribution in [2.45, 2.75) is 58.5 Å². The average Bonchev–Trinajstić information content (AvgIpc) is 2.22. The minimum Gasteiger partial charge on any atom is -0.297 e. The number of rotatable bonds is 7. The van der Waals surface area contributed by atoms with E-state index in [0.717, 1.165) is 25.7 Å². The van der Waals surface area contributed by atoms with Crippen LogP contribution in [0.25, 0.3) is 0 Å². The number of hydrogen-bond acceptors (Lipinski definition) is 4. The maximum Gasteiger partial charge on any atom is 0.339 e. The van der Waals surface area contributed by atoms with Crippen LogP contribution in [0.1, 0.15) is 52.9 Å². The van der Waals surface area contributed by atoms with Crippen molar-refractivity contribution in [3.8, 4) is 6.07 Å². The van der Waals surface area contributed by atoms with Gasteiger partial charge < -0.3 is 0 Å². The third-order valence-electron chi connectivity index (χ3n) is 2.09. The molecule has 0 saturated heterocycles. The topological polar surface area (TPSA) is 59.3 Å². The molecule has 4 nitrogen and oxygen atoms in total. The van der Waals surface area contributed by atoms with Gasteiger partial charge in [-0.3, -0.25) is 4.89 Å². The van der Waals surface area contributed by atoms with E-state index in [1.807, 2.05) is 6.07 Å². The van der Waals surface area contributed by atoms with Gasteiger partial charge in [0.25, 0.3) is 0 Å². The molecule has 15 heavy (non-hydrogen) atoms. The molecule has 0 radical (unpaired) electrons. The minimum atomic E-state index is -1.01. The van der Waals surface area contributed by atoms with Crippen molar-refractivity contribution >= 4 is 5.97 Å². The zero-order valence-corrected chi connectivity index (χ0v) is 9.71. The Labute approximate surface area is 91.1 Å². The van der Waals surface area contributed by atoms with Crippen LogP contribution in [0.5, 0.6) is 0 Å². The fourth-order valence-corrected chi connectivity index (χ4v) is 1.16. The number of carbonyl (C=O) groups excluding carboxylic acids is 1. The molecule has 0 rings (SSSR count). The lowest BCUT2D eigenvalue weighted by molar-refractivity contribution is -0.314. The van der Waals surface area contributed by atoms with Gasteiger partial charge in [0, 0.05) is 6.92 Å². The summed E-state index contributed by atoms with van der Waals surface area (Å²) < 4.78 is 0. The molecule has 0 heterocycles. The molecule has 0 bridgehead atoms. The lowest BCUT2D eigenvalue weighted by Gasteiger charge is -2.19. The van der Waals surface area contributed by atoms with E-state index in [9.17, 15) is 4.79 Å². The molecule has 1 atom stereocenters. The van der Waals surface area contributed by atoms with Crippen LogP contribution in [0.2, 0.25) is 0 Å². The Balaban J connectivity index is 3.87. The highest BCUT2D eigenvalue weighted by Gasteiger charge is 2.27. The largest absolute Gasteiger partial charge is 0.339 e. The van der Waals surface area contributed by atoms with Gasteiger partial charge in [0.1, 0.15) is 6.07 Å². The number of hydrogen-bond donors (Lipinski definition) is 0. The molecule has 0 aromatic heterocycles. The molecule has 0 aliphatic heterocycles. The van der Waals surface area contributed by atoms with Crippen molar-refractivity contribution in [2.24, 2.45) is 0 Å². The fourth-order valence-electron chi connectivity index (χ4n) is 1.16. The Morgan fingerprint density at radius 1 is 1.40 bits per heavy atom. The number of unbranched alkanes of at least 4 members (excludes halogenated alkanes) is 3. The Hall–Kier alpha value is -1.08. The first-order valence-corrected chi connectivity index (χ1v) is 5.31. The number of carbonyl (C=O) groups is 1. The molecule has 0 N–H and O–H groups in total. The van der Waals surface area contributed by atoms with E-state index < -0.39 is 11.6 Å². The van der Waals surface area contributed by atoms with Gasteiger partial charge in [0.15, 0.2) is 5.60 Å². The Bertz CT molecular complexity index is 234. The molecule has 0 spiro atoms. The normalized spacial score (nSPS) is 14.0. The van der Waals surface area contributed by atoms with Crippen LogP contribution in [0.3, 0.4) is 0 Å². The highest BCUT2D eigenvalue weighted by molar-refractivity contribution is 5.65. The molecule has 86 valence electrons. The maximum atomic E-state index is 10.5. The second kappa shape index (κ2) is 7.24. The lowest BCUT2D eigenvalue weighted by Crippen LogP contribution is -2.27. The Morgan fingerprint density at radius 3 is 2.53 bits per heavy atom. The first-order valence-electron chi connectivity index (χ1n) is 5.31. The molecule has 0 amide bonds. The van der Waals surface area contributed by atoms with Gasteiger partial charge >= 0.3 is 5.97 Å². The predicted octanol–water partition coefficient (Wildman–Crippen LogP) is 2.73. The van der Waals surface area contributed by atoms with Crippen LogP contribution in [0.4, 0.5) is 0 Å². The van der Waals surface area contributed by atoms with Crippen molar-refractivity contribution in [1.82, 2.24) is 0 Å². The number of nitrogens with zero attached hydrogens (tertiary/aromatic N) is 1. The van der Waals surface area contributed by atoms with Gasteiger partial charge in [-0.2, -0.15) is 10.1 Å². The van der Waals surface area contributed by atoms with E-state index in [4.69, 9.17) is 10.1 Å². The minimum absolute atomic E-state index is 0.537. The van der Waals surface area contributed by atoms with Crippen LogP contribution >= 0.6 is 0 Å². The summed E-state index contributed by atoms with van der Waals surface area (Å²) in [5.74, 6) is -0.537. The third-order valence-corrected chi connectivity index (χ3v) is 2.09. The molecular formula is C11H19NO3. The first kappa shape index (κ1) is 13.9. The van der Waals surface area contributed by atoms with Crippen LogP contribution in [-0.4, -0.2) is 11.6 Å². The van der Waals surface area contributed by atoms with E-state index in [0.29, 0.717) is 6.42 Å². The van der Waals surface area contributed by atoms with E-state index in [1.165, 1.54) is 6.92 Å². The summed E-state index contributed by atoms with van der Waals surface area (Å²) in [6, 6.07) is 2.01. The standard InChI is InChI=1S/C11H19NO3/c1-4-5-6-7-8-11(3,9-12)15-14-10(2)13/h4-8H2,1-3H3. The summed E-state index contributed by atoms with van der Waals surface area (Å²) >= 11 is 0. The highest BCUT2D eigenvalue weighted by Crippen LogP contribution is 2.19. The molecule has 0 aliphatic rings. The van der Waals surface area contributed by atoms with E-state index in [2.05, 4.69) is 11.8 Å². The molecule has 0 aromatic carbocycles. The molecule has 1 unspecified atom stereocenters. The maximum absolute atomic E-state index is 10.5. The predicted molar refractivity (Wildman–Crippen MR) is 55.6 cm³/mol. The molecule has 4 heteroatoms. The highest BCUT2D eigenvalue weighted by atomic mass is 17.2. The lowest BCUT2D eigenvalue weighted by atomic mass is 10.00. The van der Waals surface area contributed by atoms with Crippen LogP contribution in [0, 0.1) is 11.3 Å². The molecule has 0 fully saturated rings. The van der Waals surface area contributed by atoms with Crippen molar-refractivity contribution < 1.29 is 14.6 Å². The quantitative estimate of drug-likeness (QED) is 0.370. The van der Waals surface area contributed by atoms with Crippen LogP contribution in [0.15, 0.2) is 0 Å². The van der Waals surface area contributed by atoms with E-state index in [1.54, 1.807) is 6.92 Å². The van der Waals surface area contributed by atoms with Gasteiger partial charge in [-0.25, -0.2) is 4.79 Å². The summed E-state index contributed by atoms with van der Waals surface area (Å²) in [6.07, 6.45) is 4.84. The van der Waals surface area contributed by atoms with Gasteiger partial charge in [0.05, 0.1) is 0 Å². The monoisotopic (exact) mass is 213 g/mol. The summed E-state index contributed by atoms with van der Waals surface area (Å²) in [6.45, 7) is 5.00. The Kier molecular flexibility index (Phi) is 6.72. The fraction of sp³-hybridized carbons (Fsp3) is 0.818. The third kappa shape index (κ3) is 6.92. The zero-order chi connectivity index (χ0) is 11.7.